The van der Waals surface area contributed by atoms with Gasteiger partial charge in [0.25, 0.3) is 0 Å². The fourth-order valence-corrected chi connectivity index (χ4v) is 2.70. The second-order valence-electron chi connectivity index (χ2n) is 6.53. The van der Waals surface area contributed by atoms with Gasteiger partial charge in [-0.3, -0.25) is 9.59 Å². The smallest absolute Gasteiger partial charge is 0.307 e. The Hall–Kier alpha value is -2.24. The minimum Gasteiger partial charge on any atom is -0.493 e. The van der Waals surface area contributed by atoms with Crippen LogP contribution in [0.3, 0.4) is 0 Å². The molecule has 1 heterocycles. The third kappa shape index (κ3) is 3.94. The summed E-state index contributed by atoms with van der Waals surface area (Å²) in [6.07, 6.45) is -0.197. The van der Waals surface area contributed by atoms with E-state index < -0.39 is 29.4 Å². The van der Waals surface area contributed by atoms with Crippen LogP contribution in [-0.4, -0.2) is 36.4 Å². The van der Waals surface area contributed by atoms with E-state index in [1.807, 2.05) is 0 Å². The van der Waals surface area contributed by atoms with Gasteiger partial charge in [0.15, 0.2) is 11.5 Å². The number of rotatable bonds is 5. The van der Waals surface area contributed by atoms with Crippen LogP contribution in [0.15, 0.2) is 18.2 Å². The predicted octanol–water partition coefficient (Wildman–Crippen LogP) is 2.60. The van der Waals surface area contributed by atoms with Crippen molar-refractivity contribution in [1.82, 2.24) is 0 Å². The fraction of sp³-hybridized carbons (Fsp3) is 0.529. The summed E-state index contributed by atoms with van der Waals surface area (Å²) in [7, 11) is 1.53. The molecule has 0 amide bonds. The van der Waals surface area contributed by atoms with Gasteiger partial charge in [0.05, 0.1) is 26.1 Å². The Balaban J connectivity index is 2.22. The molecule has 126 valence electrons. The van der Waals surface area contributed by atoms with Crippen molar-refractivity contribution in [2.75, 3.05) is 13.7 Å². The number of hydrogen-bond acceptors (Lipinski definition) is 5. The Bertz CT molecular complexity index is 602. The van der Waals surface area contributed by atoms with E-state index in [1.165, 1.54) is 7.11 Å². The number of fused-ring (bicyclic) bond motifs is 1. The number of carboxylic acid groups (broad SMARTS) is 1. The Kier molecular flexibility index (Phi) is 4.82. The average Bonchev–Trinajstić information content (AvgIpc) is 2.86. The monoisotopic (exact) mass is 322 g/mol. The number of para-hydroxylation sites is 1. The van der Waals surface area contributed by atoms with Crippen LogP contribution in [0, 0.1) is 5.92 Å². The molecule has 0 aromatic heterocycles. The summed E-state index contributed by atoms with van der Waals surface area (Å²) >= 11 is 0. The van der Waals surface area contributed by atoms with Gasteiger partial charge in [-0.15, -0.1) is 0 Å². The molecule has 1 unspecified atom stereocenters. The topological polar surface area (TPSA) is 82.1 Å². The molecule has 0 aliphatic carbocycles. The van der Waals surface area contributed by atoms with E-state index in [4.69, 9.17) is 14.2 Å². The molecule has 0 spiro atoms. The van der Waals surface area contributed by atoms with Crippen LogP contribution in [-0.2, 0) is 14.3 Å². The summed E-state index contributed by atoms with van der Waals surface area (Å²) in [5.41, 5.74) is 0.105. The van der Waals surface area contributed by atoms with Crippen molar-refractivity contribution in [3.8, 4) is 11.5 Å². The SMILES string of the molecule is COc1cccc2c1OC[C@@H]2C(CC(=O)OC(C)(C)C)C(=O)O. The number of carbonyl (C=O) groups excluding carboxylic acids is 1. The summed E-state index contributed by atoms with van der Waals surface area (Å²) in [6.45, 7) is 5.45. The largest absolute Gasteiger partial charge is 0.493 e. The van der Waals surface area contributed by atoms with E-state index in [1.54, 1.807) is 39.0 Å². The van der Waals surface area contributed by atoms with Gasteiger partial charge in [-0.05, 0) is 26.8 Å². The second kappa shape index (κ2) is 6.48. The van der Waals surface area contributed by atoms with Crippen LogP contribution in [0.5, 0.6) is 11.5 Å². The number of esters is 1. The number of methoxy groups -OCH3 is 1. The highest BCUT2D eigenvalue weighted by molar-refractivity contribution is 5.80. The maximum atomic E-state index is 12.0. The number of hydrogen-bond donors (Lipinski definition) is 1. The van der Waals surface area contributed by atoms with Crippen molar-refractivity contribution in [3.63, 3.8) is 0 Å². The molecule has 1 aliphatic rings. The summed E-state index contributed by atoms with van der Waals surface area (Å²) in [5.74, 6) is -1.77. The maximum Gasteiger partial charge on any atom is 0.307 e. The molecule has 0 fully saturated rings. The summed E-state index contributed by atoms with van der Waals surface area (Å²) in [4.78, 5) is 23.7. The quantitative estimate of drug-likeness (QED) is 0.839. The van der Waals surface area contributed by atoms with Crippen LogP contribution < -0.4 is 9.47 Å². The molecule has 1 aromatic rings. The van der Waals surface area contributed by atoms with Crippen molar-refractivity contribution in [2.24, 2.45) is 5.92 Å². The minimum atomic E-state index is -1.04. The molecule has 0 saturated carbocycles. The van der Waals surface area contributed by atoms with Crippen LogP contribution in [0.1, 0.15) is 38.7 Å². The molecule has 0 radical (unpaired) electrons. The standard InChI is InChI=1S/C17H22O6/c1-17(2,3)23-14(18)8-11(16(19)20)12-9-22-15-10(12)6-5-7-13(15)21-4/h5-7,11-12H,8-9H2,1-4H3,(H,19,20)/t11?,12-/m0/s1. The highest BCUT2D eigenvalue weighted by Crippen LogP contribution is 2.44. The highest BCUT2D eigenvalue weighted by Gasteiger charge is 2.39. The Morgan fingerprint density at radius 3 is 2.65 bits per heavy atom. The highest BCUT2D eigenvalue weighted by atomic mass is 16.6. The van der Waals surface area contributed by atoms with Crippen molar-refractivity contribution >= 4 is 11.9 Å². The van der Waals surface area contributed by atoms with Crippen LogP contribution >= 0.6 is 0 Å². The number of aliphatic carboxylic acids is 1. The lowest BCUT2D eigenvalue weighted by molar-refractivity contribution is -0.160. The lowest BCUT2D eigenvalue weighted by Gasteiger charge is -2.23. The van der Waals surface area contributed by atoms with E-state index >= 15 is 0 Å². The van der Waals surface area contributed by atoms with Crippen molar-refractivity contribution in [3.05, 3.63) is 23.8 Å². The minimum absolute atomic E-state index is 0.197. The fourth-order valence-electron chi connectivity index (χ4n) is 2.70. The molecule has 23 heavy (non-hydrogen) atoms. The van der Waals surface area contributed by atoms with Crippen LogP contribution in [0.25, 0.3) is 0 Å². The Morgan fingerprint density at radius 1 is 1.39 bits per heavy atom. The molecular weight excluding hydrogens is 300 g/mol. The van der Waals surface area contributed by atoms with Gasteiger partial charge in [-0.2, -0.15) is 0 Å². The first-order valence-electron chi connectivity index (χ1n) is 7.47. The van der Waals surface area contributed by atoms with Crippen molar-refractivity contribution < 1.29 is 28.9 Å². The van der Waals surface area contributed by atoms with Gasteiger partial charge in [0, 0.05) is 11.5 Å². The first kappa shape index (κ1) is 17.1. The third-order valence-electron chi connectivity index (χ3n) is 3.65. The lowest BCUT2D eigenvalue weighted by Crippen LogP contribution is -2.30. The van der Waals surface area contributed by atoms with E-state index in [0.717, 1.165) is 5.56 Å². The molecule has 1 N–H and O–H groups in total. The number of carbonyl (C=O) groups is 2. The molecule has 1 aliphatic heterocycles. The van der Waals surface area contributed by atoms with Gasteiger partial charge < -0.3 is 19.3 Å². The van der Waals surface area contributed by atoms with Crippen LogP contribution in [0.4, 0.5) is 0 Å². The zero-order valence-electron chi connectivity index (χ0n) is 13.8. The van der Waals surface area contributed by atoms with Gasteiger partial charge >= 0.3 is 11.9 Å². The summed E-state index contributed by atoms with van der Waals surface area (Å²) < 4.78 is 16.1. The number of ether oxygens (including phenoxy) is 3. The van der Waals surface area contributed by atoms with E-state index in [2.05, 4.69) is 0 Å². The predicted molar refractivity (Wildman–Crippen MR) is 82.8 cm³/mol. The molecule has 6 nitrogen and oxygen atoms in total. The maximum absolute atomic E-state index is 12.0. The summed E-state index contributed by atoms with van der Waals surface area (Å²) in [5, 5.41) is 9.54. The third-order valence-corrected chi connectivity index (χ3v) is 3.65. The van der Waals surface area contributed by atoms with Crippen LogP contribution in [0.2, 0.25) is 0 Å². The molecule has 2 atom stereocenters. The van der Waals surface area contributed by atoms with E-state index in [0.29, 0.717) is 11.5 Å². The first-order chi connectivity index (χ1) is 10.7. The van der Waals surface area contributed by atoms with Gasteiger partial charge in [-0.25, -0.2) is 0 Å². The zero-order chi connectivity index (χ0) is 17.2. The number of carboxylic acids is 1. The van der Waals surface area contributed by atoms with Crippen molar-refractivity contribution in [1.29, 1.82) is 0 Å². The van der Waals surface area contributed by atoms with E-state index in [9.17, 15) is 14.7 Å². The average molecular weight is 322 g/mol. The van der Waals surface area contributed by atoms with E-state index in [-0.39, 0.29) is 13.0 Å². The summed E-state index contributed by atoms with van der Waals surface area (Å²) in [6, 6.07) is 5.34. The van der Waals surface area contributed by atoms with Gasteiger partial charge in [0.2, 0.25) is 0 Å². The zero-order valence-corrected chi connectivity index (χ0v) is 13.8. The first-order valence-corrected chi connectivity index (χ1v) is 7.47. The Morgan fingerprint density at radius 2 is 2.09 bits per heavy atom. The van der Waals surface area contributed by atoms with Gasteiger partial charge in [0.1, 0.15) is 5.60 Å². The normalized spacial score (nSPS) is 17.8. The number of benzene rings is 1. The van der Waals surface area contributed by atoms with Gasteiger partial charge in [-0.1, -0.05) is 12.1 Å². The Labute approximate surface area is 135 Å². The molecule has 0 bridgehead atoms. The lowest BCUT2D eigenvalue weighted by atomic mass is 9.85. The second-order valence-corrected chi connectivity index (χ2v) is 6.53. The van der Waals surface area contributed by atoms with Crippen molar-refractivity contribution in [2.45, 2.75) is 38.7 Å². The molecule has 0 saturated heterocycles. The molecular formula is C17H22O6. The molecule has 1 aromatic carbocycles. The molecule has 6 heteroatoms. The molecule has 2 rings (SSSR count).